The van der Waals surface area contributed by atoms with Gasteiger partial charge in [-0.05, 0) is 30.9 Å². The summed E-state index contributed by atoms with van der Waals surface area (Å²) >= 11 is 0. The lowest BCUT2D eigenvalue weighted by atomic mass is 10.1. The number of hydrogen-bond donors (Lipinski definition) is 0. The molecule has 2 rings (SSSR count). The highest BCUT2D eigenvalue weighted by Gasteiger charge is 2.13. The fraction of sp³-hybridized carbons (Fsp3) is 0.357. The SMILES string of the molecule is O=C(Cc1ccccc1)O[C@H]1C=CCCC1. The Morgan fingerprint density at radius 3 is 2.81 bits per heavy atom. The van der Waals surface area contributed by atoms with Crippen molar-refractivity contribution in [2.75, 3.05) is 0 Å². The van der Waals surface area contributed by atoms with Crippen LogP contribution < -0.4 is 0 Å². The molecular formula is C14H16O2. The first-order valence-electron chi connectivity index (χ1n) is 5.74. The van der Waals surface area contributed by atoms with Crippen LogP contribution in [0.2, 0.25) is 0 Å². The van der Waals surface area contributed by atoms with Crippen molar-refractivity contribution in [2.24, 2.45) is 0 Å². The van der Waals surface area contributed by atoms with Gasteiger partial charge in [0.15, 0.2) is 0 Å². The summed E-state index contributed by atoms with van der Waals surface area (Å²) in [5, 5.41) is 0. The molecule has 1 atom stereocenters. The Labute approximate surface area is 95.9 Å². The van der Waals surface area contributed by atoms with Crippen LogP contribution in [0.5, 0.6) is 0 Å². The molecule has 0 saturated heterocycles. The highest BCUT2D eigenvalue weighted by Crippen LogP contribution is 2.14. The van der Waals surface area contributed by atoms with Crippen LogP contribution in [0.1, 0.15) is 24.8 Å². The first kappa shape index (κ1) is 10.9. The van der Waals surface area contributed by atoms with Gasteiger partial charge in [0, 0.05) is 0 Å². The van der Waals surface area contributed by atoms with E-state index in [4.69, 9.17) is 4.74 Å². The molecule has 1 aliphatic carbocycles. The van der Waals surface area contributed by atoms with Crippen molar-refractivity contribution in [1.29, 1.82) is 0 Å². The van der Waals surface area contributed by atoms with Gasteiger partial charge in [0.25, 0.3) is 0 Å². The number of rotatable bonds is 3. The van der Waals surface area contributed by atoms with Crippen LogP contribution in [0.15, 0.2) is 42.5 Å². The Bertz CT molecular complexity index is 368. The summed E-state index contributed by atoms with van der Waals surface area (Å²) < 4.78 is 5.37. The average Bonchev–Trinajstić information content (AvgIpc) is 2.31. The summed E-state index contributed by atoms with van der Waals surface area (Å²) in [6.07, 6.45) is 7.61. The van der Waals surface area contributed by atoms with Crippen molar-refractivity contribution >= 4 is 5.97 Å². The minimum absolute atomic E-state index is 0.00929. The standard InChI is InChI=1S/C14H16O2/c15-14(11-12-7-3-1-4-8-12)16-13-9-5-2-6-10-13/h1,3-5,7-9,13H,2,6,10-11H2/t13-/m0/s1. The maximum Gasteiger partial charge on any atom is 0.310 e. The fourth-order valence-corrected chi connectivity index (χ4v) is 1.85. The number of esters is 1. The van der Waals surface area contributed by atoms with Crippen molar-refractivity contribution < 1.29 is 9.53 Å². The molecule has 0 saturated carbocycles. The lowest BCUT2D eigenvalue weighted by molar-refractivity contribution is -0.146. The molecule has 1 aromatic rings. The molecule has 2 nitrogen and oxygen atoms in total. The first-order chi connectivity index (χ1) is 7.84. The lowest BCUT2D eigenvalue weighted by Gasteiger charge is -2.17. The van der Waals surface area contributed by atoms with E-state index in [-0.39, 0.29) is 12.1 Å². The minimum Gasteiger partial charge on any atom is -0.458 e. The Morgan fingerprint density at radius 2 is 2.12 bits per heavy atom. The maximum atomic E-state index is 11.6. The van der Waals surface area contributed by atoms with Crippen LogP contribution >= 0.6 is 0 Å². The predicted octanol–water partition coefficient (Wildman–Crippen LogP) is 2.88. The van der Waals surface area contributed by atoms with Crippen molar-refractivity contribution in [1.82, 2.24) is 0 Å². The van der Waals surface area contributed by atoms with Gasteiger partial charge in [0.2, 0.25) is 0 Å². The van der Waals surface area contributed by atoms with Crippen LogP contribution in [0.3, 0.4) is 0 Å². The van der Waals surface area contributed by atoms with Gasteiger partial charge in [-0.15, -0.1) is 0 Å². The normalized spacial score (nSPS) is 19.4. The molecule has 0 amide bonds. The average molecular weight is 216 g/mol. The highest BCUT2D eigenvalue weighted by molar-refractivity contribution is 5.72. The van der Waals surface area contributed by atoms with E-state index in [1.54, 1.807) is 0 Å². The number of carbonyl (C=O) groups excluding carboxylic acids is 1. The third-order valence-corrected chi connectivity index (χ3v) is 2.68. The summed E-state index contributed by atoms with van der Waals surface area (Å²) in [5.41, 5.74) is 1.01. The highest BCUT2D eigenvalue weighted by atomic mass is 16.5. The summed E-state index contributed by atoms with van der Waals surface area (Å²) in [5.74, 6) is -0.136. The second kappa shape index (κ2) is 5.50. The second-order valence-corrected chi connectivity index (χ2v) is 4.05. The molecule has 0 heterocycles. The van der Waals surface area contributed by atoms with Gasteiger partial charge in [-0.2, -0.15) is 0 Å². The zero-order valence-corrected chi connectivity index (χ0v) is 9.26. The van der Waals surface area contributed by atoms with Crippen LogP contribution in [0.25, 0.3) is 0 Å². The van der Waals surface area contributed by atoms with Gasteiger partial charge < -0.3 is 4.74 Å². The molecule has 0 fully saturated rings. The fourth-order valence-electron chi connectivity index (χ4n) is 1.85. The van der Waals surface area contributed by atoms with E-state index < -0.39 is 0 Å². The van der Waals surface area contributed by atoms with E-state index in [1.807, 2.05) is 36.4 Å². The first-order valence-corrected chi connectivity index (χ1v) is 5.74. The monoisotopic (exact) mass is 216 g/mol. The molecule has 0 N–H and O–H groups in total. The number of carbonyl (C=O) groups is 1. The van der Waals surface area contributed by atoms with E-state index in [0.717, 1.165) is 24.8 Å². The molecule has 0 radical (unpaired) electrons. The van der Waals surface area contributed by atoms with Crippen LogP contribution in [-0.2, 0) is 16.0 Å². The molecule has 1 aliphatic rings. The number of hydrogen-bond acceptors (Lipinski definition) is 2. The molecule has 0 unspecified atom stereocenters. The molecule has 0 bridgehead atoms. The van der Waals surface area contributed by atoms with Gasteiger partial charge in [0.1, 0.15) is 6.10 Å². The molecule has 1 aromatic carbocycles. The van der Waals surface area contributed by atoms with E-state index >= 15 is 0 Å². The number of ether oxygens (including phenoxy) is 1. The van der Waals surface area contributed by atoms with Crippen LogP contribution in [-0.4, -0.2) is 12.1 Å². The van der Waals surface area contributed by atoms with Crippen molar-refractivity contribution in [2.45, 2.75) is 31.8 Å². The second-order valence-electron chi connectivity index (χ2n) is 4.05. The Morgan fingerprint density at radius 1 is 1.31 bits per heavy atom. The molecule has 2 heteroatoms. The van der Waals surface area contributed by atoms with Crippen LogP contribution in [0.4, 0.5) is 0 Å². The topological polar surface area (TPSA) is 26.3 Å². The van der Waals surface area contributed by atoms with Gasteiger partial charge in [-0.3, -0.25) is 4.79 Å². The zero-order chi connectivity index (χ0) is 11.2. The summed E-state index contributed by atoms with van der Waals surface area (Å²) in [6.45, 7) is 0. The number of benzene rings is 1. The molecule has 0 aliphatic heterocycles. The summed E-state index contributed by atoms with van der Waals surface area (Å²) in [6, 6.07) is 9.70. The zero-order valence-electron chi connectivity index (χ0n) is 9.26. The molecule has 0 spiro atoms. The Kier molecular flexibility index (Phi) is 3.76. The maximum absolute atomic E-state index is 11.6. The summed E-state index contributed by atoms with van der Waals surface area (Å²) in [7, 11) is 0. The van der Waals surface area contributed by atoms with Gasteiger partial charge in [-0.25, -0.2) is 0 Å². The Hall–Kier alpha value is -1.57. The molecule has 16 heavy (non-hydrogen) atoms. The largest absolute Gasteiger partial charge is 0.458 e. The van der Waals surface area contributed by atoms with Gasteiger partial charge >= 0.3 is 5.97 Å². The minimum atomic E-state index is -0.136. The third kappa shape index (κ3) is 3.23. The number of allylic oxidation sites excluding steroid dienone is 1. The van der Waals surface area contributed by atoms with Crippen LogP contribution in [0, 0.1) is 0 Å². The predicted molar refractivity (Wildman–Crippen MR) is 63.0 cm³/mol. The van der Waals surface area contributed by atoms with E-state index in [0.29, 0.717) is 6.42 Å². The van der Waals surface area contributed by atoms with Crippen molar-refractivity contribution in [3.05, 3.63) is 48.0 Å². The van der Waals surface area contributed by atoms with Gasteiger partial charge in [-0.1, -0.05) is 36.4 Å². The molecule has 84 valence electrons. The summed E-state index contributed by atoms with van der Waals surface area (Å²) in [4.78, 5) is 11.6. The molecular weight excluding hydrogens is 200 g/mol. The lowest BCUT2D eigenvalue weighted by Crippen LogP contribution is -2.19. The molecule has 0 aromatic heterocycles. The van der Waals surface area contributed by atoms with E-state index in [9.17, 15) is 4.79 Å². The van der Waals surface area contributed by atoms with Crippen molar-refractivity contribution in [3.8, 4) is 0 Å². The smallest absolute Gasteiger partial charge is 0.310 e. The van der Waals surface area contributed by atoms with E-state index in [1.165, 1.54) is 0 Å². The third-order valence-electron chi connectivity index (χ3n) is 2.68. The Balaban J connectivity index is 1.84. The van der Waals surface area contributed by atoms with Gasteiger partial charge in [0.05, 0.1) is 6.42 Å². The van der Waals surface area contributed by atoms with Crippen molar-refractivity contribution in [3.63, 3.8) is 0 Å². The quantitative estimate of drug-likeness (QED) is 0.573. The van der Waals surface area contributed by atoms with E-state index in [2.05, 4.69) is 6.08 Å².